The van der Waals surface area contributed by atoms with Crippen molar-refractivity contribution >= 4 is 11.8 Å². The van der Waals surface area contributed by atoms with Gasteiger partial charge in [0.15, 0.2) is 0 Å². The molecular formula is C20H28N4O3. The summed E-state index contributed by atoms with van der Waals surface area (Å²) < 4.78 is 7.92. The SMILES string of the molecule is CN(Cc1cnn(C)c1)C(=O)[C@@H]1[C@@H]2C=C[C@@]3(CN(CC(C)(C)C)C(=O)[C@@H]13)O2. The normalized spacial score (nSPS) is 31.7. The lowest BCUT2D eigenvalue weighted by Crippen LogP contribution is -2.44. The summed E-state index contributed by atoms with van der Waals surface area (Å²) in [6, 6.07) is 0. The Morgan fingerprint density at radius 3 is 2.81 bits per heavy atom. The summed E-state index contributed by atoms with van der Waals surface area (Å²) in [6.45, 7) is 8.02. The molecule has 1 spiro atoms. The largest absolute Gasteiger partial charge is 0.360 e. The van der Waals surface area contributed by atoms with Crippen LogP contribution >= 0.6 is 0 Å². The Kier molecular flexibility index (Phi) is 4.00. The quantitative estimate of drug-likeness (QED) is 0.745. The third kappa shape index (κ3) is 2.98. The number of amides is 2. The standard InChI is InChI=1S/C20H28N4O3/c1-19(2,3)11-24-12-20-7-6-14(27-20)15(16(20)18(24)26)17(25)22(4)9-13-8-21-23(5)10-13/h6-8,10,14-16H,9,11-12H2,1-5H3/t14-,15+,16+,20-/m0/s1. The molecule has 0 aromatic carbocycles. The maximum absolute atomic E-state index is 13.2. The molecule has 4 atom stereocenters. The molecule has 146 valence electrons. The minimum atomic E-state index is -0.636. The van der Waals surface area contributed by atoms with E-state index in [0.717, 1.165) is 5.56 Å². The van der Waals surface area contributed by atoms with E-state index >= 15 is 0 Å². The van der Waals surface area contributed by atoms with E-state index in [4.69, 9.17) is 4.74 Å². The van der Waals surface area contributed by atoms with Crippen LogP contribution in [0.15, 0.2) is 24.5 Å². The molecule has 3 aliphatic heterocycles. The van der Waals surface area contributed by atoms with Gasteiger partial charge in [-0.2, -0.15) is 5.10 Å². The van der Waals surface area contributed by atoms with Crippen LogP contribution in [0.4, 0.5) is 0 Å². The van der Waals surface area contributed by atoms with E-state index in [0.29, 0.717) is 19.6 Å². The average Bonchev–Trinajstić information content (AvgIpc) is 3.28. The number of aryl methyl sites for hydroxylation is 1. The number of rotatable bonds is 4. The van der Waals surface area contributed by atoms with E-state index in [-0.39, 0.29) is 23.3 Å². The van der Waals surface area contributed by atoms with E-state index in [9.17, 15) is 9.59 Å². The Labute approximate surface area is 159 Å². The number of hydrogen-bond acceptors (Lipinski definition) is 4. The van der Waals surface area contributed by atoms with Gasteiger partial charge in [0.2, 0.25) is 11.8 Å². The van der Waals surface area contributed by atoms with Crippen molar-refractivity contribution < 1.29 is 14.3 Å². The minimum absolute atomic E-state index is 0.00324. The summed E-state index contributed by atoms with van der Waals surface area (Å²) >= 11 is 0. The summed E-state index contributed by atoms with van der Waals surface area (Å²) in [5.74, 6) is -0.858. The predicted octanol–water partition coefficient (Wildman–Crippen LogP) is 1.21. The fourth-order valence-corrected chi connectivity index (χ4v) is 4.73. The summed E-state index contributed by atoms with van der Waals surface area (Å²) in [4.78, 5) is 30.0. The van der Waals surface area contributed by atoms with Crippen molar-refractivity contribution in [3.05, 3.63) is 30.1 Å². The van der Waals surface area contributed by atoms with Crippen LogP contribution in [-0.4, -0.2) is 63.2 Å². The molecule has 0 unspecified atom stereocenters. The molecule has 27 heavy (non-hydrogen) atoms. The van der Waals surface area contributed by atoms with Gasteiger partial charge in [0, 0.05) is 38.9 Å². The van der Waals surface area contributed by atoms with Gasteiger partial charge in [-0.25, -0.2) is 0 Å². The highest BCUT2D eigenvalue weighted by atomic mass is 16.5. The van der Waals surface area contributed by atoms with Crippen molar-refractivity contribution in [2.45, 2.75) is 39.0 Å². The van der Waals surface area contributed by atoms with Crippen molar-refractivity contribution in [1.82, 2.24) is 19.6 Å². The third-order valence-corrected chi connectivity index (χ3v) is 5.68. The first-order valence-corrected chi connectivity index (χ1v) is 9.48. The number of aromatic nitrogens is 2. The maximum Gasteiger partial charge on any atom is 0.230 e. The summed E-state index contributed by atoms with van der Waals surface area (Å²) in [5.41, 5.74) is 0.334. The number of carbonyl (C=O) groups excluding carboxylic acids is 2. The predicted molar refractivity (Wildman–Crippen MR) is 99.4 cm³/mol. The van der Waals surface area contributed by atoms with Gasteiger partial charge in [-0.15, -0.1) is 0 Å². The molecule has 7 heteroatoms. The van der Waals surface area contributed by atoms with E-state index in [1.807, 2.05) is 30.3 Å². The highest BCUT2D eigenvalue weighted by Crippen LogP contribution is 2.52. The van der Waals surface area contributed by atoms with Gasteiger partial charge in [-0.1, -0.05) is 32.9 Å². The van der Waals surface area contributed by atoms with Crippen LogP contribution in [-0.2, 0) is 27.9 Å². The molecule has 3 aliphatic rings. The Bertz CT molecular complexity index is 808. The molecular weight excluding hydrogens is 344 g/mol. The van der Waals surface area contributed by atoms with Crippen molar-refractivity contribution in [2.75, 3.05) is 20.1 Å². The molecule has 4 heterocycles. The van der Waals surface area contributed by atoms with E-state index in [1.54, 1.807) is 22.8 Å². The molecule has 2 bridgehead atoms. The molecule has 0 aliphatic carbocycles. The monoisotopic (exact) mass is 372 g/mol. The first-order chi connectivity index (χ1) is 12.6. The lowest BCUT2D eigenvalue weighted by atomic mass is 9.76. The summed E-state index contributed by atoms with van der Waals surface area (Å²) in [5, 5.41) is 4.15. The van der Waals surface area contributed by atoms with Crippen molar-refractivity contribution in [3.8, 4) is 0 Å². The van der Waals surface area contributed by atoms with Gasteiger partial charge < -0.3 is 14.5 Å². The number of hydrogen-bond donors (Lipinski definition) is 0. The molecule has 0 N–H and O–H groups in total. The van der Waals surface area contributed by atoms with Gasteiger partial charge in [0.25, 0.3) is 0 Å². The first kappa shape index (κ1) is 18.2. The smallest absolute Gasteiger partial charge is 0.230 e. The Morgan fingerprint density at radius 2 is 2.19 bits per heavy atom. The average molecular weight is 372 g/mol. The molecule has 0 saturated carbocycles. The van der Waals surface area contributed by atoms with Crippen LogP contribution < -0.4 is 0 Å². The molecule has 7 nitrogen and oxygen atoms in total. The molecule has 4 rings (SSSR count). The summed E-state index contributed by atoms with van der Waals surface area (Å²) in [7, 11) is 3.63. The van der Waals surface area contributed by atoms with Crippen LogP contribution in [0.1, 0.15) is 26.3 Å². The van der Waals surface area contributed by atoms with Gasteiger partial charge in [0.05, 0.1) is 30.7 Å². The van der Waals surface area contributed by atoms with Gasteiger partial charge in [0.1, 0.15) is 5.60 Å². The highest BCUT2D eigenvalue weighted by molar-refractivity contribution is 5.93. The van der Waals surface area contributed by atoms with Crippen LogP contribution in [0, 0.1) is 17.3 Å². The lowest BCUT2D eigenvalue weighted by Gasteiger charge is -2.29. The van der Waals surface area contributed by atoms with Crippen LogP contribution in [0.5, 0.6) is 0 Å². The van der Waals surface area contributed by atoms with Crippen molar-refractivity contribution in [3.63, 3.8) is 0 Å². The zero-order valence-corrected chi connectivity index (χ0v) is 16.7. The Hall–Kier alpha value is -2.15. The molecule has 0 radical (unpaired) electrons. The zero-order chi connectivity index (χ0) is 19.6. The fraction of sp³-hybridized carbons (Fsp3) is 0.650. The number of carbonyl (C=O) groups is 2. The lowest BCUT2D eigenvalue weighted by molar-refractivity contribution is -0.143. The minimum Gasteiger partial charge on any atom is -0.360 e. The van der Waals surface area contributed by atoms with Crippen LogP contribution in [0.2, 0.25) is 0 Å². The van der Waals surface area contributed by atoms with Gasteiger partial charge in [-0.3, -0.25) is 14.3 Å². The Balaban J connectivity index is 1.54. The fourth-order valence-electron chi connectivity index (χ4n) is 4.73. The van der Waals surface area contributed by atoms with Gasteiger partial charge >= 0.3 is 0 Å². The third-order valence-electron chi connectivity index (χ3n) is 5.68. The Morgan fingerprint density at radius 1 is 1.44 bits per heavy atom. The molecule has 2 fully saturated rings. The maximum atomic E-state index is 13.2. The van der Waals surface area contributed by atoms with Crippen molar-refractivity contribution in [2.24, 2.45) is 24.3 Å². The van der Waals surface area contributed by atoms with E-state index in [1.165, 1.54) is 0 Å². The molecule has 1 aromatic heterocycles. The number of fused-ring (bicyclic) bond motifs is 1. The first-order valence-electron chi connectivity index (χ1n) is 9.48. The second-order valence-electron chi connectivity index (χ2n) is 9.37. The van der Waals surface area contributed by atoms with Crippen LogP contribution in [0.3, 0.4) is 0 Å². The highest BCUT2D eigenvalue weighted by Gasteiger charge is 2.67. The number of ether oxygens (including phenoxy) is 1. The van der Waals surface area contributed by atoms with Crippen LogP contribution in [0.25, 0.3) is 0 Å². The number of nitrogens with zero attached hydrogens (tertiary/aromatic N) is 4. The molecule has 2 saturated heterocycles. The topological polar surface area (TPSA) is 67.7 Å². The van der Waals surface area contributed by atoms with E-state index < -0.39 is 17.4 Å². The van der Waals surface area contributed by atoms with Gasteiger partial charge in [-0.05, 0) is 5.41 Å². The molecule has 1 aromatic rings. The van der Waals surface area contributed by atoms with Crippen molar-refractivity contribution in [1.29, 1.82) is 0 Å². The molecule has 2 amide bonds. The summed E-state index contributed by atoms with van der Waals surface area (Å²) in [6.07, 6.45) is 7.32. The zero-order valence-electron chi connectivity index (χ0n) is 16.7. The second-order valence-corrected chi connectivity index (χ2v) is 9.37. The number of likely N-dealkylation sites (tertiary alicyclic amines) is 1. The second kappa shape index (κ2) is 5.92. The van der Waals surface area contributed by atoms with E-state index in [2.05, 4.69) is 25.9 Å².